The van der Waals surface area contributed by atoms with Crippen LogP contribution in [0.25, 0.3) is 0 Å². The third-order valence-corrected chi connectivity index (χ3v) is 6.45. The van der Waals surface area contributed by atoms with Crippen molar-refractivity contribution in [3.8, 4) is 0 Å². The predicted molar refractivity (Wildman–Crippen MR) is 132 cm³/mol. The zero-order valence-corrected chi connectivity index (χ0v) is 20.3. The van der Waals surface area contributed by atoms with Gasteiger partial charge in [-0.3, -0.25) is 4.79 Å². The topological polar surface area (TPSA) is 102 Å². The summed E-state index contributed by atoms with van der Waals surface area (Å²) in [6.07, 6.45) is 2.26. The summed E-state index contributed by atoms with van der Waals surface area (Å²) in [5.74, 6) is -1.79. The highest BCUT2D eigenvalue weighted by atomic mass is 35.5. The van der Waals surface area contributed by atoms with E-state index in [4.69, 9.17) is 11.6 Å². The van der Waals surface area contributed by atoms with E-state index in [2.05, 4.69) is 15.5 Å². The first-order chi connectivity index (χ1) is 16.0. The van der Waals surface area contributed by atoms with E-state index in [1.807, 2.05) is 19.1 Å². The molecule has 4 N–H and O–H groups in total. The van der Waals surface area contributed by atoms with Crippen molar-refractivity contribution in [1.29, 1.82) is 0 Å². The molecular weight excluding hydrogens is 461 g/mol. The number of benzene rings is 2. The third kappa shape index (κ3) is 6.18. The molecule has 2 atom stereocenters. The summed E-state index contributed by atoms with van der Waals surface area (Å²) < 4.78 is 14.2. The van der Waals surface area contributed by atoms with Gasteiger partial charge in [-0.15, -0.1) is 0 Å². The second kappa shape index (κ2) is 10.6. The van der Waals surface area contributed by atoms with Crippen LogP contribution in [0.5, 0.6) is 0 Å². The Balaban J connectivity index is 1.95. The lowest BCUT2D eigenvalue weighted by Crippen LogP contribution is -2.46. The molecule has 2 unspecified atom stereocenters. The van der Waals surface area contributed by atoms with Crippen LogP contribution in [0.15, 0.2) is 36.4 Å². The Hall–Kier alpha value is -2.84. The Bertz CT molecular complexity index is 1060. The Morgan fingerprint density at radius 2 is 1.91 bits per heavy atom. The van der Waals surface area contributed by atoms with Gasteiger partial charge in [-0.25, -0.2) is 9.18 Å². The lowest BCUT2D eigenvalue weighted by molar-refractivity contribution is -0.137. The monoisotopic (exact) mass is 491 g/mol. The fourth-order valence-corrected chi connectivity index (χ4v) is 4.68. The summed E-state index contributed by atoms with van der Waals surface area (Å²) in [6.45, 7) is 6.12. The maximum Gasteiger partial charge on any atom is 0.323 e. The molecule has 2 aromatic rings. The molecule has 1 aliphatic rings. The van der Waals surface area contributed by atoms with E-state index in [0.717, 1.165) is 24.5 Å². The lowest BCUT2D eigenvalue weighted by Gasteiger charge is -2.36. The van der Waals surface area contributed by atoms with Crippen LogP contribution < -0.4 is 15.5 Å². The zero-order chi connectivity index (χ0) is 25.0. The van der Waals surface area contributed by atoms with Gasteiger partial charge in [-0.1, -0.05) is 24.6 Å². The Labute approximate surface area is 203 Å². The van der Waals surface area contributed by atoms with Crippen LogP contribution in [0.1, 0.15) is 57.9 Å². The van der Waals surface area contributed by atoms with Crippen LogP contribution in [0, 0.1) is 5.82 Å². The van der Waals surface area contributed by atoms with Gasteiger partial charge in [0.15, 0.2) is 0 Å². The number of anilines is 3. The molecule has 0 bridgehead atoms. The number of nitrogens with zero attached hydrogens (tertiary/aromatic N) is 1. The van der Waals surface area contributed by atoms with Crippen LogP contribution in [0.4, 0.5) is 26.2 Å². The minimum absolute atomic E-state index is 0.0209. The van der Waals surface area contributed by atoms with Crippen molar-refractivity contribution in [1.82, 2.24) is 0 Å². The molecule has 184 valence electrons. The van der Waals surface area contributed by atoms with Crippen molar-refractivity contribution in [3.63, 3.8) is 0 Å². The Kier molecular flexibility index (Phi) is 8.05. The quantitative estimate of drug-likeness (QED) is 0.372. The maximum absolute atomic E-state index is 14.2. The van der Waals surface area contributed by atoms with E-state index in [9.17, 15) is 24.2 Å². The smallest absolute Gasteiger partial charge is 0.323 e. The molecule has 0 radical (unpaired) electrons. The van der Waals surface area contributed by atoms with Gasteiger partial charge in [-0.05, 0) is 74.9 Å². The third-order valence-electron chi connectivity index (χ3n) is 6.21. The van der Waals surface area contributed by atoms with Gasteiger partial charge in [0.25, 0.3) is 0 Å². The number of carboxylic acids is 1. The summed E-state index contributed by atoms with van der Waals surface area (Å²) in [5, 5.41) is 25.5. The average Bonchev–Trinajstić information content (AvgIpc) is 3.24. The normalized spacial score (nSPS) is 16.9. The summed E-state index contributed by atoms with van der Waals surface area (Å²) >= 11 is 5.79. The van der Waals surface area contributed by atoms with Crippen molar-refractivity contribution in [2.75, 3.05) is 22.1 Å². The number of halogens is 2. The molecular formula is C25H31ClFN3O4. The molecule has 3 rings (SSSR count). The predicted octanol–water partition coefficient (Wildman–Crippen LogP) is 5.83. The molecule has 1 heterocycles. The molecule has 2 amide bonds. The maximum atomic E-state index is 14.2. The number of aliphatic hydroxyl groups is 1. The fraction of sp³-hybridized carbons (Fsp3) is 0.440. The first-order valence-corrected chi connectivity index (χ1v) is 11.7. The summed E-state index contributed by atoms with van der Waals surface area (Å²) in [4.78, 5) is 26.2. The van der Waals surface area contributed by atoms with Gasteiger partial charge in [0.1, 0.15) is 5.82 Å². The molecule has 34 heavy (non-hydrogen) atoms. The highest BCUT2D eigenvalue weighted by Crippen LogP contribution is 2.38. The van der Waals surface area contributed by atoms with E-state index in [-0.39, 0.29) is 29.1 Å². The number of hydrogen-bond acceptors (Lipinski definition) is 4. The molecule has 0 aromatic heterocycles. The van der Waals surface area contributed by atoms with Crippen molar-refractivity contribution in [2.45, 2.75) is 64.0 Å². The van der Waals surface area contributed by atoms with Gasteiger partial charge in [-0.2, -0.15) is 0 Å². The second-order valence-corrected chi connectivity index (χ2v) is 9.62. The molecule has 0 spiro atoms. The van der Waals surface area contributed by atoms with Crippen molar-refractivity contribution < 1.29 is 24.2 Å². The highest BCUT2D eigenvalue weighted by molar-refractivity contribution is 6.30. The van der Waals surface area contributed by atoms with E-state index in [0.29, 0.717) is 24.3 Å². The van der Waals surface area contributed by atoms with Crippen molar-refractivity contribution >= 4 is 40.7 Å². The number of rotatable bonds is 8. The van der Waals surface area contributed by atoms with Crippen molar-refractivity contribution in [3.05, 3.63) is 52.8 Å². The molecule has 9 heteroatoms. The fourth-order valence-electron chi connectivity index (χ4n) is 4.52. The molecule has 1 saturated heterocycles. The highest BCUT2D eigenvalue weighted by Gasteiger charge is 2.37. The number of aliphatic carboxylic acids is 1. The number of nitrogens with one attached hydrogen (secondary N) is 2. The molecule has 7 nitrogen and oxygen atoms in total. The van der Waals surface area contributed by atoms with Gasteiger partial charge in [0.2, 0.25) is 0 Å². The minimum atomic E-state index is -0.962. The Morgan fingerprint density at radius 1 is 1.21 bits per heavy atom. The standard InChI is InChI=1S/C25H31ClFN3O4/c1-4-15(13-23(31)32)16-7-10-21(30-11-5-6-22(30)25(2,3)34)20(12-16)29-24(33)28-19-9-8-17(26)14-18(19)27/h7-10,12,14-15,22,34H,4-6,11,13H2,1-3H3,(H,31,32)(H2,28,29,33). The van der Waals surface area contributed by atoms with Crippen LogP contribution in [-0.2, 0) is 4.79 Å². The molecule has 1 fully saturated rings. The molecule has 2 aromatic carbocycles. The molecule has 0 aliphatic carbocycles. The van der Waals surface area contributed by atoms with Gasteiger partial charge >= 0.3 is 12.0 Å². The number of urea groups is 1. The first kappa shape index (κ1) is 25.8. The van der Waals surface area contributed by atoms with Crippen LogP contribution in [0.2, 0.25) is 5.02 Å². The number of carboxylic acid groups (broad SMARTS) is 1. The average molecular weight is 492 g/mol. The van der Waals surface area contributed by atoms with E-state index >= 15 is 0 Å². The van der Waals surface area contributed by atoms with Crippen LogP contribution in [-0.4, -0.2) is 40.4 Å². The molecule has 1 aliphatic heterocycles. The van der Waals surface area contributed by atoms with E-state index < -0.39 is 23.4 Å². The SMILES string of the molecule is CCC(CC(=O)O)c1ccc(N2CCCC2C(C)(C)O)c(NC(=O)Nc2ccc(Cl)cc2F)c1. The first-order valence-electron chi connectivity index (χ1n) is 11.4. The zero-order valence-electron chi connectivity index (χ0n) is 19.6. The van der Waals surface area contributed by atoms with E-state index in [1.54, 1.807) is 19.9 Å². The van der Waals surface area contributed by atoms with E-state index in [1.165, 1.54) is 12.1 Å². The minimum Gasteiger partial charge on any atom is -0.481 e. The van der Waals surface area contributed by atoms with Crippen LogP contribution in [0.3, 0.4) is 0 Å². The summed E-state index contributed by atoms with van der Waals surface area (Å²) in [7, 11) is 0. The lowest BCUT2D eigenvalue weighted by atomic mass is 9.92. The Morgan fingerprint density at radius 3 is 2.53 bits per heavy atom. The second-order valence-electron chi connectivity index (χ2n) is 9.19. The summed E-state index contributed by atoms with van der Waals surface area (Å²) in [6, 6.07) is 8.64. The molecule has 0 saturated carbocycles. The summed E-state index contributed by atoms with van der Waals surface area (Å²) in [5.41, 5.74) is 0.971. The van der Waals surface area contributed by atoms with Crippen molar-refractivity contribution in [2.24, 2.45) is 0 Å². The van der Waals surface area contributed by atoms with Gasteiger partial charge in [0, 0.05) is 11.6 Å². The van der Waals surface area contributed by atoms with Gasteiger partial charge in [0.05, 0.1) is 35.1 Å². The number of amides is 2. The van der Waals surface area contributed by atoms with Crippen LogP contribution >= 0.6 is 11.6 Å². The number of hydrogen-bond donors (Lipinski definition) is 4. The number of carbonyl (C=O) groups excluding carboxylic acids is 1. The van der Waals surface area contributed by atoms with Gasteiger partial charge < -0.3 is 25.7 Å². The largest absolute Gasteiger partial charge is 0.481 e. The number of carbonyl (C=O) groups is 2.